The van der Waals surface area contributed by atoms with Crippen molar-refractivity contribution < 1.29 is 9.59 Å². The number of carbonyl (C=O) groups is 2. The van der Waals surface area contributed by atoms with Gasteiger partial charge in [0.25, 0.3) is 0 Å². The number of amides is 2. The summed E-state index contributed by atoms with van der Waals surface area (Å²) in [6, 6.07) is -0.273. The zero-order valence-corrected chi connectivity index (χ0v) is 12.0. The highest BCUT2D eigenvalue weighted by molar-refractivity contribution is 5.94. The van der Waals surface area contributed by atoms with Crippen LogP contribution >= 0.6 is 0 Å². The van der Waals surface area contributed by atoms with Gasteiger partial charge in [-0.15, -0.1) is 0 Å². The van der Waals surface area contributed by atoms with Crippen LogP contribution in [-0.2, 0) is 9.59 Å². The molecule has 0 spiro atoms. The molecule has 1 saturated heterocycles. The second kappa shape index (κ2) is 6.76. The third kappa shape index (κ3) is 4.00. The molecule has 1 fully saturated rings. The maximum Gasteiger partial charge on any atom is 0.243 e. The second-order valence-electron chi connectivity index (χ2n) is 5.80. The van der Waals surface area contributed by atoms with Gasteiger partial charge >= 0.3 is 0 Å². The molecule has 1 aliphatic rings. The number of carbonyl (C=O) groups excluding carboxylic acids is 2. The van der Waals surface area contributed by atoms with Crippen molar-refractivity contribution in [2.24, 2.45) is 11.8 Å². The average molecular weight is 254 g/mol. The highest BCUT2D eigenvalue weighted by Crippen LogP contribution is 2.18. The molecule has 0 aromatic heterocycles. The van der Waals surface area contributed by atoms with Crippen LogP contribution in [0, 0.1) is 11.8 Å². The lowest BCUT2D eigenvalue weighted by Gasteiger charge is -2.37. The fourth-order valence-electron chi connectivity index (χ4n) is 2.53. The molecule has 1 rings (SSSR count). The number of rotatable bonds is 6. The van der Waals surface area contributed by atoms with Gasteiger partial charge in [-0.2, -0.15) is 0 Å². The quantitative estimate of drug-likeness (QED) is 0.785. The van der Waals surface area contributed by atoms with E-state index in [1.54, 1.807) is 4.90 Å². The fraction of sp³-hybridized carbons (Fsp3) is 0.857. The molecule has 1 aliphatic heterocycles. The van der Waals surface area contributed by atoms with Gasteiger partial charge in [-0.3, -0.25) is 9.59 Å². The summed E-state index contributed by atoms with van der Waals surface area (Å²) in [5, 5.41) is 2.69. The molecule has 0 aromatic carbocycles. The minimum Gasteiger partial charge on any atom is -0.345 e. The predicted molar refractivity (Wildman–Crippen MR) is 72.0 cm³/mol. The lowest BCUT2D eigenvalue weighted by Crippen LogP contribution is -2.59. The molecule has 0 saturated carbocycles. The largest absolute Gasteiger partial charge is 0.345 e. The maximum atomic E-state index is 12.0. The molecule has 1 N–H and O–H groups in total. The van der Waals surface area contributed by atoms with Crippen LogP contribution < -0.4 is 5.32 Å². The zero-order valence-electron chi connectivity index (χ0n) is 12.0. The average Bonchev–Trinajstić information content (AvgIpc) is 2.28. The molecule has 0 bridgehead atoms. The van der Waals surface area contributed by atoms with E-state index in [1.165, 1.54) is 0 Å². The molecular formula is C14H26N2O2. The Morgan fingerprint density at radius 2 is 2.00 bits per heavy atom. The molecule has 0 aliphatic carbocycles. The van der Waals surface area contributed by atoms with Crippen LogP contribution in [0.25, 0.3) is 0 Å². The van der Waals surface area contributed by atoms with E-state index in [9.17, 15) is 9.59 Å². The van der Waals surface area contributed by atoms with Crippen LogP contribution in [0.1, 0.15) is 47.0 Å². The highest BCUT2D eigenvalue weighted by atomic mass is 16.2. The molecule has 104 valence electrons. The maximum absolute atomic E-state index is 12.0. The Hall–Kier alpha value is -1.06. The third-order valence-corrected chi connectivity index (χ3v) is 3.40. The van der Waals surface area contributed by atoms with Crippen molar-refractivity contribution in [1.82, 2.24) is 10.2 Å². The van der Waals surface area contributed by atoms with Crippen molar-refractivity contribution in [3.05, 3.63) is 0 Å². The molecule has 2 atom stereocenters. The number of hydrogen-bond donors (Lipinski definition) is 1. The summed E-state index contributed by atoms with van der Waals surface area (Å²) >= 11 is 0. The van der Waals surface area contributed by atoms with Crippen molar-refractivity contribution in [1.29, 1.82) is 0 Å². The first-order chi connectivity index (χ1) is 8.45. The van der Waals surface area contributed by atoms with E-state index in [2.05, 4.69) is 33.0 Å². The van der Waals surface area contributed by atoms with Crippen LogP contribution in [0.3, 0.4) is 0 Å². The van der Waals surface area contributed by atoms with E-state index in [4.69, 9.17) is 0 Å². The number of nitrogens with one attached hydrogen (secondary N) is 1. The van der Waals surface area contributed by atoms with Crippen LogP contribution in [0.2, 0.25) is 0 Å². The van der Waals surface area contributed by atoms with Gasteiger partial charge in [0.15, 0.2) is 0 Å². The van der Waals surface area contributed by atoms with Crippen LogP contribution in [0.5, 0.6) is 0 Å². The fourth-order valence-corrected chi connectivity index (χ4v) is 2.53. The van der Waals surface area contributed by atoms with E-state index < -0.39 is 0 Å². The second-order valence-corrected chi connectivity index (χ2v) is 5.80. The summed E-state index contributed by atoms with van der Waals surface area (Å²) < 4.78 is 0. The standard InChI is InChI=1S/C14H26N2O2/c1-5-6-11(4)9-16-12(7-10(2)3)14(18)15-8-13(16)17/h10-12H,5-9H2,1-4H3,(H,15,18). The van der Waals surface area contributed by atoms with Gasteiger partial charge < -0.3 is 10.2 Å². The number of piperazine rings is 1. The molecule has 4 heteroatoms. The van der Waals surface area contributed by atoms with Crippen molar-refractivity contribution in [3.63, 3.8) is 0 Å². The van der Waals surface area contributed by atoms with Gasteiger partial charge in [0.05, 0.1) is 6.54 Å². The van der Waals surface area contributed by atoms with Crippen LogP contribution in [0.4, 0.5) is 0 Å². The van der Waals surface area contributed by atoms with Gasteiger partial charge in [0.1, 0.15) is 6.04 Å². The van der Waals surface area contributed by atoms with Crippen molar-refractivity contribution in [2.75, 3.05) is 13.1 Å². The Morgan fingerprint density at radius 1 is 1.33 bits per heavy atom. The Bertz CT molecular complexity index is 302. The Morgan fingerprint density at radius 3 is 2.56 bits per heavy atom. The lowest BCUT2D eigenvalue weighted by atomic mass is 9.97. The van der Waals surface area contributed by atoms with Gasteiger partial charge in [-0.1, -0.05) is 34.1 Å². The van der Waals surface area contributed by atoms with E-state index in [0.29, 0.717) is 18.4 Å². The molecule has 0 aromatic rings. The zero-order chi connectivity index (χ0) is 13.7. The first-order valence-electron chi connectivity index (χ1n) is 7.02. The van der Waals surface area contributed by atoms with Crippen LogP contribution in [-0.4, -0.2) is 35.8 Å². The van der Waals surface area contributed by atoms with E-state index in [0.717, 1.165) is 19.3 Å². The third-order valence-electron chi connectivity index (χ3n) is 3.40. The normalized spacial score (nSPS) is 22.3. The van der Waals surface area contributed by atoms with Gasteiger partial charge in [0.2, 0.25) is 11.8 Å². The molecule has 4 nitrogen and oxygen atoms in total. The monoisotopic (exact) mass is 254 g/mol. The molecule has 2 amide bonds. The minimum absolute atomic E-state index is 0.00648. The lowest BCUT2D eigenvalue weighted by molar-refractivity contribution is -0.146. The summed E-state index contributed by atoms with van der Waals surface area (Å²) in [6.07, 6.45) is 2.96. The summed E-state index contributed by atoms with van der Waals surface area (Å²) in [7, 11) is 0. The van der Waals surface area contributed by atoms with Crippen molar-refractivity contribution in [3.8, 4) is 0 Å². The summed E-state index contributed by atoms with van der Waals surface area (Å²) in [5.74, 6) is 0.936. The predicted octanol–water partition coefficient (Wildman–Crippen LogP) is 1.80. The molecule has 2 unspecified atom stereocenters. The Kier molecular flexibility index (Phi) is 5.63. The summed E-state index contributed by atoms with van der Waals surface area (Å²) in [4.78, 5) is 25.7. The molecule has 18 heavy (non-hydrogen) atoms. The van der Waals surface area contributed by atoms with E-state index in [-0.39, 0.29) is 24.4 Å². The highest BCUT2D eigenvalue weighted by Gasteiger charge is 2.35. The molecule has 1 heterocycles. The Balaban J connectivity index is 2.72. The van der Waals surface area contributed by atoms with E-state index in [1.807, 2.05) is 0 Å². The topological polar surface area (TPSA) is 49.4 Å². The van der Waals surface area contributed by atoms with Gasteiger partial charge in [-0.05, 0) is 24.7 Å². The number of nitrogens with zero attached hydrogens (tertiary/aromatic N) is 1. The molecular weight excluding hydrogens is 228 g/mol. The van der Waals surface area contributed by atoms with Gasteiger partial charge in [0, 0.05) is 6.54 Å². The smallest absolute Gasteiger partial charge is 0.243 e. The first-order valence-corrected chi connectivity index (χ1v) is 7.02. The van der Waals surface area contributed by atoms with E-state index >= 15 is 0 Å². The SMILES string of the molecule is CCCC(C)CN1C(=O)CNC(=O)C1CC(C)C. The van der Waals surface area contributed by atoms with Crippen molar-refractivity contribution in [2.45, 2.75) is 53.0 Å². The minimum atomic E-state index is -0.273. The Labute approximate surface area is 110 Å². The summed E-state index contributed by atoms with van der Waals surface area (Å²) in [5.41, 5.74) is 0. The van der Waals surface area contributed by atoms with Crippen molar-refractivity contribution >= 4 is 11.8 Å². The van der Waals surface area contributed by atoms with Gasteiger partial charge in [-0.25, -0.2) is 0 Å². The number of hydrogen-bond acceptors (Lipinski definition) is 2. The first kappa shape index (κ1) is 15.0. The summed E-state index contributed by atoms with van der Waals surface area (Å²) in [6.45, 7) is 9.33. The molecule has 0 radical (unpaired) electrons. The van der Waals surface area contributed by atoms with Crippen LogP contribution in [0.15, 0.2) is 0 Å².